The van der Waals surface area contributed by atoms with E-state index in [4.69, 9.17) is 4.74 Å². The van der Waals surface area contributed by atoms with E-state index in [1.54, 1.807) is 43.5 Å². The lowest BCUT2D eigenvalue weighted by atomic mass is 10.1. The molecule has 2 amide bonds. The Hall–Kier alpha value is -3.80. The number of ether oxygens (including phenoxy) is 1. The molecule has 0 aliphatic carbocycles. The Bertz CT molecular complexity index is 997. The maximum atomic E-state index is 12.5. The van der Waals surface area contributed by atoms with Crippen molar-refractivity contribution in [1.82, 2.24) is 0 Å². The quantitative estimate of drug-likeness (QED) is 0.661. The molecular weight excluding hydrogens is 366 g/mol. The van der Waals surface area contributed by atoms with E-state index in [1.165, 1.54) is 0 Å². The Morgan fingerprint density at radius 3 is 1.86 bits per heavy atom. The molecule has 2 N–H and O–H groups in total. The third-order valence-corrected chi connectivity index (χ3v) is 4.41. The van der Waals surface area contributed by atoms with Crippen LogP contribution in [0.25, 0.3) is 0 Å². The Labute approximate surface area is 170 Å². The molecule has 0 fully saturated rings. The van der Waals surface area contributed by atoms with Crippen molar-refractivity contribution in [2.75, 3.05) is 36.7 Å². The number of anilines is 3. The molecule has 0 saturated carbocycles. The highest BCUT2D eigenvalue weighted by molar-refractivity contribution is 6.07. The lowest BCUT2D eigenvalue weighted by Gasteiger charge is -2.13. The molecule has 3 rings (SSSR count). The summed E-state index contributed by atoms with van der Waals surface area (Å²) in [5.74, 6) is 0.0668. The number of nitrogens with one attached hydrogen (secondary N) is 2. The van der Waals surface area contributed by atoms with Crippen molar-refractivity contribution >= 4 is 28.9 Å². The first kappa shape index (κ1) is 19.9. The summed E-state index contributed by atoms with van der Waals surface area (Å²) < 4.78 is 5.24. The second-order valence-electron chi connectivity index (χ2n) is 6.63. The molecule has 0 aliphatic heterocycles. The van der Waals surface area contributed by atoms with Gasteiger partial charge in [-0.25, -0.2) is 0 Å². The van der Waals surface area contributed by atoms with Crippen LogP contribution in [0.15, 0.2) is 72.8 Å². The van der Waals surface area contributed by atoms with Crippen LogP contribution < -0.4 is 20.3 Å². The molecule has 0 unspecified atom stereocenters. The summed E-state index contributed by atoms with van der Waals surface area (Å²) in [5.41, 5.74) is 3.26. The van der Waals surface area contributed by atoms with Gasteiger partial charge in [0.1, 0.15) is 5.75 Å². The molecule has 3 aromatic rings. The summed E-state index contributed by atoms with van der Waals surface area (Å²) in [6.07, 6.45) is 0. The second-order valence-corrected chi connectivity index (χ2v) is 6.63. The molecule has 0 saturated heterocycles. The zero-order valence-electron chi connectivity index (χ0n) is 16.6. The average Bonchev–Trinajstić information content (AvgIpc) is 2.74. The van der Waals surface area contributed by atoms with Crippen LogP contribution in [0.3, 0.4) is 0 Å². The first-order chi connectivity index (χ1) is 14.0. The van der Waals surface area contributed by atoms with Gasteiger partial charge in [-0.05, 0) is 60.7 Å². The topological polar surface area (TPSA) is 70.7 Å². The van der Waals surface area contributed by atoms with Gasteiger partial charge in [0, 0.05) is 36.6 Å². The smallest absolute Gasteiger partial charge is 0.255 e. The van der Waals surface area contributed by atoms with E-state index in [0.717, 1.165) is 5.69 Å². The number of methoxy groups -OCH3 is 1. The summed E-state index contributed by atoms with van der Waals surface area (Å²) in [5, 5.41) is 5.67. The zero-order chi connectivity index (χ0) is 20.8. The number of nitrogens with zero attached hydrogens (tertiary/aromatic N) is 1. The van der Waals surface area contributed by atoms with E-state index in [2.05, 4.69) is 10.6 Å². The van der Waals surface area contributed by atoms with Crippen LogP contribution in [0.4, 0.5) is 17.1 Å². The Kier molecular flexibility index (Phi) is 6.14. The summed E-state index contributed by atoms with van der Waals surface area (Å²) in [6, 6.07) is 21.2. The van der Waals surface area contributed by atoms with Crippen molar-refractivity contribution in [1.29, 1.82) is 0 Å². The predicted octanol–water partition coefficient (Wildman–Crippen LogP) is 4.27. The van der Waals surface area contributed by atoms with Crippen LogP contribution in [0.5, 0.6) is 5.75 Å². The maximum absolute atomic E-state index is 12.5. The largest absolute Gasteiger partial charge is 0.495 e. The molecule has 3 aromatic carbocycles. The maximum Gasteiger partial charge on any atom is 0.255 e. The van der Waals surface area contributed by atoms with Crippen molar-refractivity contribution in [3.05, 3.63) is 83.9 Å². The van der Waals surface area contributed by atoms with Crippen LogP contribution in [0.2, 0.25) is 0 Å². The fraction of sp³-hybridized carbons (Fsp3) is 0.130. The molecule has 6 heteroatoms. The molecule has 0 aromatic heterocycles. The van der Waals surface area contributed by atoms with E-state index in [1.807, 2.05) is 55.4 Å². The highest BCUT2D eigenvalue weighted by Crippen LogP contribution is 2.23. The summed E-state index contributed by atoms with van der Waals surface area (Å²) in [4.78, 5) is 26.9. The number of benzene rings is 3. The molecule has 0 spiro atoms. The fourth-order valence-electron chi connectivity index (χ4n) is 2.76. The van der Waals surface area contributed by atoms with Crippen LogP contribution in [-0.4, -0.2) is 33.0 Å². The molecule has 6 nitrogen and oxygen atoms in total. The summed E-state index contributed by atoms with van der Waals surface area (Å²) in [7, 11) is 5.46. The second kappa shape index (κ2) is 8.93. The molecule has 29 heavy (non-hydrogen) atoms. The Morgan fingerprint density at radius 1 is 0.759 bits per heavy atom. The SMILES string of the molecule is COc1ccccc1NC(=O)c1ccc(C(=O)Nc2ccc(N(C)C)cc2)cc1. The zero-order valence-corrected chi connectivity index (χ0v) is 16.6. The van der Waals surface area contributed by atoms with Gasteiger partial charge in [0.25, 0.3) is 11.8 Å². The van der Waals surface area contributed by atoms with Crippen molar-refractivity contribution in [2.45, 2.75) is 0 Å². The number of carbonyl (C=O) groups is 2. The predicted molar refractivity (Wildman–Crippen MR) is 116 cm³/mol. The lowest BCUT2D eigenvalue weighted by molar-refractivity contribution is 0.101. The molecule has 0 aliphatic rings. The van der Waals surface area contributed by atoms with E-state index in [-0.39, 0.29) is 11.8 Å². The minimum Gasteiger partial charge on any atom is -0.495 e. The Balaban J connectivity index is 1.66. The van der Waals surface area contributed by atoms with E-state index in [9.17, 15) is 9.59 Å². The van der Waals surface area contributed by atoms with E-state index < -0.39 is 0 Å². The highest BCUT2D eigenvalue weighted by Gasteiger charge is 2.11. The molecule has 0 heterocycles. The van der Waals surface area contributed by atoms with E-state index >= 15 is 0 Å². The van der Waals surface area contributed by atoms with Gasteiger partial charge in [-0.1, -0.05) is 12.1 Å². The highest BCUT2D eigenvalue weighted by atomic mass is 16.5. The van der Waals surface area contributed by atoms with Gasteiger partial charge in [0.05, 0.1) is 12.8 Å². The normalized spacial score (nSPS) is 10.2. The van der Waals surface area contributed by atoms with Gasteiger partial charge in [-0.2, -0.15) is 0 Å². The van der Waals surface area contributed by atoms with Crippen LogP contribution in [0, 0.1) is 0 Å². The first-order valence-corrected chi connectivity index (χ1v) is 9.11. The fourth-order valence-corrected chi connectivity index (χ4v) is 2.76. The van der Waals surface area contributed by atoms with Crippen LogP contribution in [0.1, 0.15) is 20.7 Å². The van der Waals surface area contributed by atoms with Gasteiger partial charge >= 0.3 is 0 Å². The minimum absolute atomic E-state index is 0.237. The summed E-state index contributed by atoms with van der Waals surface area (Å²) in [6.45, 7) is 0. The van der Waals surface area contributed by atoms with Gasteiger partial charge in [0.2, 0.25) is 0 Å². The number of hydrogen-bond acceptors (Lipinski definition) is 4. The molecule has 148 valence electrons. The molecular formula is C23H23N3O3. The van der Waals surface area contributed by atoms with Gasteiger partial charge < -0.3 is 20.3 Å². The van der Waals surface area contributed by atoms with Gasteiger partial charge in [0.15, 0.2) is 0 Å². The van der Waals surface area contributed by atoms with Gasteiger partial charge in [-0.3, -0.25) is 9.59 Å². The average molecular weight is 389 g/mol. The third kappa shape index (κ3) is 4.93. The number of carbonyl (C=O) groups excluding carboxylic acids is 2. The minimum atomic E-state index is -0.277. The molecule has 0 atom stereocenters. The van der Waals surface area contributed by atoms with Crippen molar-refractivity contribution in [3.8, 4) is 5.75 Å². The summed E-state index contributed by atoms with van der Waals surface area (Å²) >= 11 is 0. The van der Waals surface area contributed by atoms with Gasteiger partial charge in [-0.15, -0.1) is 0 Å². The number of hydrogen-bond donors (Lipinski definition) is 2. The van der Waals surface area contributed by atoms with Crippen molar-refractivity contribution in [3.63, 3.8) is 0 Å². The molecule has 0 radical (unpaired) electrons. The van der Waals surface area contributed by atoms with Crippen molar-refractivity contribution < 1.29 is 14.3 Å². The van der Waals surface area contributed by atoms with Crippen LogP contribution >= 0.6 is 0 Å². The molecule has 0 bridgehead atoms. The number of amides is 2. The van der Waals surface area contributed by atoms with E-state index in [0.29, 0.717) is 28.3 Å². The lowest BCUT2D eigenvalue weighted by Crippen LogP contribution is -2.15. The van der Waals surface area contributed by atoms with Crippen LogP contribution in [-0.2, 0) is 0 Å². The standard InChI is InChI=1S/C23H23N3O3/c1-26(2)19-14-12-18(13-15-19)24-22(27)16-8-10-17(11-9-16)23(28)25-20-6-4-5-7-21(20)29-3/h4-15H,1-3H3,(H,24,27)(H,25,28). The number of rotatable bonds is 6. The Morgan fingerprint density at radius 2 is 1.31 bits per heavy atom. The third-order valence-electron chi connectivity index (χ3n) is 4.41. The number of para-hydroxylation sites is 2. The van der Waals surface area contributed by atoms with Crippen molar-refractivity contribution in [2.24, 2.45) is 0 Å². The first-order valence-electron chi connectivity index (χ1n) is 9.11. The monoisotopic (exact) mass is 389 g/mol.